The molecule has 0 saturated carbocycles. The van der Waals surface area contributed by atoms with Gasteiger partial charge in [-0.2, -0.15) is 0 Å². The van der Waals surface area contributed by atoms with Gasteiger partial charge in [0.15, 0.2) is 0 Å². The van der Waals surface area contributed by atoms with Crippen molar-refractivity contribution in [2.45, 2.75) is 40.0 Å². The number of rotatable bonds is 7. The lowest BCUT2D eigenvalue weighted by Crippen LogP contribution is -2.12. The zero-order valence-corrected chi connectivity index (χ0v) is 19.5. The molecule has 0 spiro atoms. The highest BCUT2D eigenvalue weighted by Crippen LogP contribution is 2.30. The Bertz CT molecular complexity index is 1320. The third kappa shape index (κ3) is 4.52. The van der Waals surface area contributed by atoms with E-state index in [2.05, 4.69) is 35.9 Å². The largest absolute Gasteiger partial charge is 0.491 e. The first kappa shape index (κ1) is 22.7. The van der Waals surface area contributed by atoms with Crippen molar-refractivity contribution in [3.8, 4) is 28.4 Å². The number of aliphatic hydroxyl groups excluding tert-OH is 1. The van der Waals surface area contributed by atoms with Crippen molar-refractivity contribution < 1.29 is 9.84 Å². The van der Waals surface area contributed by atoms with E-state index in [-0.39, 0.29) is 18.8 Å². The molecule has 2 aromatic carbocycles. The number of aromatic nitrogens is 3. The molecule has 0 aliphatic rings. The molecule has 2 heterocycles. The molecule has 0 bridgehead atoms. The minimum atomic E-state index is -0.222. The molecule has 6 heteroatoms. The standard InChI is InChI=1S/C27H29N3O3/c1-5-16(2)19-6-8-20(9-7-19)24-23-22(10-11-28-24)29-26(30-27(23)32)21-14-17(3)25(18(4)15-21)33-13-12-31/h6-11,14-16,31H,5,12-13H2,1-4H3,(H,29,30,32). The average Bonchev–Trinajstić information content (AvgIpc) is 2.82. The SMILES string of the molecule is CCC(C)c1ccc(-c2nccc3nc(-c4cc(C)c(OCCO)c(C)c4)[nH]c(=O)c23)cc1. The fourth-order valence-electron chi connectivity index (χ4n) is 4.11. The molecule has 6 nitrogen and oxygen atoms in total. The number of benzene rings is 2. The van der Waals surface area contributed by atoms with Crippen molar-refractivity contribution in [1.29, 1.82) is 0 Å². The number of H-pyrrole nitrogens is 1. The Morgan fingerprint density at radius 3 is 2.39 bits per heavy atom. The van der Waals surface area contributed by atoms with E-state index in [1.54, 1.807) is 12.3 Å². The highest BCUT2D eigenvalue weighted by Gasteiger charge is 2.15. The van der Waals surface area contributed by atoms with E-state index in [9.17, 15) is 4.79 Å². The fourth-order valence-corrected chi connectivity index (χ4v) is 4.11. The Kier molecular flexibility index (Phi) is 6.56. The van der Waals surface area contributed by atoms with Gasteiger partial charge in [-0.15, -0.1) is 0 Å². The van der Waals surface area contributed by atoms with Crippen LogP contribution in [0.4, 0.5) is 0 Å². The summed E-state index contributed by atoms with van der Waals surface area (Å²) in [5.41, 5.74) is 5.80. The molecule has 170 valence electrons. The van der Waals surface area contributed by atoms with Crippen LogP contribution in [-0.2, 0) is 0 Å². The number of hydrogen-bond donors (Lipinski definition) is 2. The second-order valence-corrected chi connectivity index (χ2v) is 8.41. The molecular formula is C27H29N3O3. The van der Waals surface area contributed by atoms with E-state index in [1.165, 1.54) is 5.56 Å². The summed E-state index contributed by atoms with van der Waals surface area (Å²) in [6.07, 6.45) is 2.77. The van der Waals surface area contributed by atoms with Gasteiger partial charge >= 0.3 is 0 Å². The van der Waals surface area contributed by atoms with Crippen LogP contribution >= 0.6 is 0 Å². The van der Waals surface area contributed by atoms with Gasteiger partial charge in [0.2, 0.25) is 0 Å². The number of aromatic amines is 1. The number of nitrogens with zero attached hydrogens (tertiary/aromatic N) is 2. The van der Waals surface area contributed by atoms with Crippen molar-refractivity contribution in [1.82, 2.24) is 15.0 Å². The topological polar surface area (TPSA) is 88.1 Å². The van der Waals surface area contributed by atoms with Crippen molar-refractivity contribution in [2.75, 3.05) is 13.2 Å². The van der Waals surface area contributed by atoms with Crippen LogP contribution in [0.25, 0.3) is 33.5 Å². The van der Waals surface area contributed by atoms with Crippen LogP contribution in [0.1, 0.15) is 42.9 Å². The third-order valence-corrected chi connectivity index (χ3v) is 6.06. The highest BCUT2D eigenvalue weighted by atomic mass is 16.5. The monoisotopic (exact) mass is 443 g/mol. The molecule has 33 heavy (non-hydrogen) atoms. The maximum absolute atomic E-state index is 13.2. The van der Waals surface area contributed by atoms with Crippen molar-refractivity contribution in [2.24, 2.45) is 0 Å². The first-order chi connectivity index (χ1) is 15.9. The van der Waals surface area contributed by atoms with Gasteiger partial charge in [-0.05, 0) is 61.1 Å². The Labute approximate surface area is 193 Å². The van der Waals surface area contributed by atoms with Gasteiger partial charge in [0.1, 0.15) is 18.2 Å². The van der Waals surface area contributed by atoms with Crippen molar-refractivity contribution in [3.05, 3.63) is 75.7 Å². The van der Waals surface area contributed by atoms with Crippen molar-refractivity contribution >= 4 is 10.9 Å². The van der Waals surface area contributed by atoms with E-state index in [0.29, 0.717) is 28.3 Å². The van der Waals surface area contributed by atoms with Gasteiger partial charge in [0.05, 0.1) is 23.2 Å². The molecule has 2 aromatic heterocycles. The summed E-state index contributed by atoms with van der Waals surface area (Å²) in [5, 5.41) is 9.53. The van der Waals surface area contributed by atoms with Crippen LogP contribution < -0.4 is 10.3 Å². The number of nitrogens with one attached hydrogen (secondary N) is 1. The van der Waals surface area contributed by atoms with Crippen LogP contribution in [0, 0.1) is 13.8 Å². The van der Waals surface area contributed by atoms with Crippen LogP contribution in [0.15, 0.2) is 53.5 Å². The molecule has 0 aliphatic heterocycles. The van der Waals surface area contributed by atoms with Gasteiger partial charge in [-0.1, -0.05) is 38.1 Å². The minimum absolute atomic E-state index is 0.0447. The molecule has 1 unspecified atom stereocenters. The zero-order chi connectivity index (χ0) is 23.5. The molecule has 4 rings (SSSR count). The smallest absolute Gasteiger partial charge is 0.261 e. The lowest BCUT2D eigenvalue weighted by atomic mass is 9.96. The van der Waals surface area contributed by atoms with Gasteiger partial charge in [-0.3, -0.25) is 9.78 Å². The lowest BCUT2D eigenvalue weighted by Gasteiger charge is -2.14. The first-order valence-corrected chi connectivity index (χ1v) is 11.3. The zero-order valence-electron chi connectivity index (χ0n) is 19.5. The Morgan fingerprint density at radius 2 is 1.76 bits per heavy atom. The minimum Gasteiger partial charge on any atom is -0.491 e. The molecular weight excluding hydrogens is 414 g/mol. The summed E-state index contributed by atoms with van der Waals surface area (Å²) in [6.45, 7) is 8.44. The molecule has 0 saturated heterocycles. The summed E-state index contributed by atoms with van der Waals surface area (Å²) in [4.78, 5) is 25.4. The predicted molar refractivity (Wildman–Crippen MR) is 132 cm³/mol. The maximum atomic E-state index is 13.2. The highest BCUT2D eigenvalue weighted by molar-refractivity contribution is 5.92. The molecule has 0 fully saturated rings. The number of pyridine rings is 1. The normalized spacial score (nSPS) is 12.2. The predicted octanol–water partition coefficient (Wildman–Crippen LogP) is 5.15. The van der Waals surface area contributed by atoms with E-state index in [4.69, 9.17) is 14.8 Å². The fraction of sp³-hybridized carbons (Fsp3) is 0.296. The summed E-state index contributed by atoms with van der Waals surface area (Å²) >= 11 is 0. The summed E-state index contributed by atoms with van der Waals surface area (Å²) in [6, 6.07) is 13.9. The van der Waals surface area contributed by atoms with Crippen LogP contribution in [0.5, 0.6) is 5.75 Å². The number of ether oxygens (including phenoxy) is 1. The summed E-state index contributed by atoms with van der Waals surface area (Å²) in [7, 11) is 0. The molecule has 2 N–H and O–H groups in total. The average molecular weight is 444 g/mol. The third-order valence-electron chi connectivity index (χ3n) is 6.06. The molecule has 4 aromatic rings. The van der Waals surface area contributed by atoms with E-state index in [1.807, 2.05) is 38.1 Å². The van der Waals surface area contributed by atoms with Crippen LogP contribution in [0.3, 0.4) is 0 Å². The summed E-state index contributed by atoms with van der Waals surface area (Å²) < 4.78 is 5.65. The number of hydrogen-bond acceptors (Lipinski definition) is 5. The van der Waals surface area contributed by atoms with Gasteiger partial charge < -0.3 is 14.8 Å². The number of aliphatic hydroxyl groups is 1. The van der Waals surface area contributed by atoms with E-state index < -0.39 is 0 Å². The quantitative estimate of drug-likeness (QED) is 0.412. The van der Waals surface area contributed by atoms with Crippen LogP contribution in [-0.4, -0.2) is 33.3 Å². The molecule has 0 aliphatic carbocycles. The maximum Gasteiger partial charge on any atom is 0.261 e. The number of aryl methyl sites for hydroxylation is 2. The van der Waals surface area contributed by atoms with Crippen molar-refractivity contribution in [3.63, 3.8) is 0 Å². The second kappa shape index (κ2) is 9.55. The van der Waals surface area contributed by atoms with E-state index in [0.717, 1.165) is 34.4 Å². The van der Waals surface area contributed by atoms with E-state index >= 15 is 0 Å². The number of fused-ring (bicyclic) bond motifs is 1. The Hall–Kier alpha value is -3.51. The lowest BCUT2D eigenvalue weighted by molar-refractivity contribution is 0.200. The van der Waals surface area contributed by atoms with Gasteiger partial charge in [0, 0.05) is 17.3 Å². The Balaban J connectivity index is 1.78. The molecule has 0 amide bonds. The molecule has 1 atom stereocenters. The van der Waals surface area contributed by atoms with Crippen LogP contribution in [0.2, 0.25) is 0 Å². The second-order valence-electron chi connectivity index (χ2n) is 8.41. The summed E-state index contributed by atoms with van der Waals surface area (Å²) in [5.74, 6) is 1.72. The Morgan fingerprint density at radius 1 is 1.06 bits per heavy atom. The first-order valence-electron chi connectivity index (χ1n) is 11.3. The van der Waals surface area contributed by atoms with Gasteiger partial charge in [0.25, 0.3) is 5.56 Å². The molecule has 0 radical (unpaired) electrons. The van der Waals surface area contributed by atoms with Gasteiger partial charge in [-0.25, -0.2) is 4.98 Å².